The van der Waals surface area contributed by atoms with Crippen molar-refractivity contribution in [3.8, 4) is 11.4 Å². The number of esters is 1. The molecule has 0 radical (unpaired) electrons. The summed E-state index contributed by atoms with van der Waals surface area (Å²) >= 11 is 0. The predicted octanol–water partition coefficient (Wildman–Crippen LogP) is 4.55. The SMILES string of the molecule is COC(=O)c1cc([N+](=O)[O-])c(-n2cccc2C2CCCCCC2)cc1OCCN(C)C. The second-order valence-electron chi connectivity index (χ2n) is 8.23. The number of hydrogen-bond donors (Lipinski definition) is 0. The first-order valence-corrected chi connectivity index (χ1v) is 10.8. The van der Waals surface area contributed by atoms with Crippen molar-refractivity contribution in [2.45, 2.75) is 44.4 Å². The molecule has 1 aromatic heterocycles. The molecule has 2 aromatic rings. The van der Waals surface area contributed by atoms with Crippen LogP contribution in [0.3, 0.4) is 0 Å². The van der Waals surface area contributed by atoms with Crippen molar-refractivity contribution in [3.63, 3.8) is 0 Å². The topological polar surface area (TPSA) is 86.8 Å². The Morgan fingerprint density at radius 1 is 1.23 bits per heavy atom. The van der Waals surface area contributed by atoms with Gasteiger partial charge < -0.3 is 18.9 Å². The first-order valence-electron chi connectivity index (χ1n) is 10.8. The van der Waals surface area contributed by atoms with E-state index in [0.29, 0.717) is 24.8 Å². The molecule has 168 valence electrons. The number of hydrogen-bond acceptors (Lipinski definition) is 6. The number of rotatable bonds is 8. The minimum Gasteiger partial charge on any atom is -0.491 e. The van der Waals surface area contributed by atoms with E-state index in [0.717, 1.165) is 31.4 Å². The van der Waals surface area contributed by atoms with E-state index in [9.17, 15) is 14.9 Å². The molecule has 0 aliphatic heterocycles. The summed E-state index contributed by atoms with van der Waals surface area (Å²) in [5, 5.41) is 11.9. The Balaban J connectivity index is 2.08. The van der Waals surface area contributed by atoms with Gasteiger partial charge in [0.2, 0.25) is 0 Å². The summed E-state index contributed by atoms with van der Waals surface area (Å²) in [6, 6.07) is 6.83. The van der Waals surface area contributed by atoms with Crippen molar-refractivity contribution in [1.29, 1.82) is 0 Å². The molecule has 31 heavy (non-hydrogen) atoms. The fourth-order valence-corrected chi connectivity index (χ4v) is 4.15. The molecular formula is C23H31N3O5. The normalized spacial score (nSPS) is 15.0. The van der Waals surface area contributed by atoms with Crippen molar-refractivity contribution in [1.82, 2.24) is 9.47 Å². The van der Waals surface area contributed by atoms with Crippen LogP contribution in [-0.2, 0) is 4.74 Å². The van der Waals surface area contributed by atoms with E-state index in [1.54, 1.807) is 6.07 Å². The second kappa shape index (κ2) is 10.4. The van der Waals surface area contributed by atoms with E-state index < -0.39 is 10.9 Å². The van der Waals surface area contributed by atoms with Gasteiger partial charge in [0, 0.05) is 30.6 Å². The van der Waals surface area contributed by atoms with Crippen LogP contribution in [0.1, 0.15) is 60.5 Å². The molecule has 8 heteroatoms. The summed E-state index contributed by atoms with van der Waals surface area (Å²) < 4.78 is 12.6. The molecule has 1 heterocycles. The number of nitro benzene ring substituents is 1. The van der Waals surface area contributed by atoms with E-state index in [1.807, 2.05) is 41.9 Å². The largest absolute Gasteiger partial charge is 0.491 e. The molecule has 1 fully saturated rings. The molecular weight excluding hydrogens is 398 g/mol. The predicted molar refractivity (Wildman–Crippen MR) is 118 cm³/mol. The van der Waals surface area contributed by atoms with E-state index in [-0.39, 0.29) is 17.0 Å². The third kappa shape index (κ3) is 5.44. The fourth-order valence-electron chi connectivity index (χ4n) is 4.15. The number of likely N-dealkylation sites (N-methyl/N-ethyl adjacent to an activating group) is 1. The third-order valence-corrected chi connectivity index (χ3v) is 5.79. The van der Waals surface area contributed by atoms with E-state index in [4.69, 9.17) is 9.47 Å². The Hall–Kier alpha value is -2.87. The summed E-state index contributed by atoms with van der Waals surface area (Å²) in [7, 11) is 5.09. The second-order valence-corrected chi connectivity index (χ2v) is 8.23. The minimum atomic E-state index is -0.661. The Labute approximate surface area is 182 Å². The first kappa shape index (κ1) is 22.8. The van der Waals surface area contributed by atoms with Gasteiger partial charge >= 0.3 is 5.97 Å². The van der Waals surface area contributed by atoms with Gasteiger partial charge in [-0.25, -0.2) is 4.79 Å². The minimum absolute atomic E-state index is 0.0554. The smallest absolute Gasteiger partial charge is 0.341 e. The first-order chi connectivity index (χ1) is 14.9. The number of carbonyl (C=O) groups excluding carboxylic acids is 1. The maximum absolute atomic E-state index is 12.3. The lowest BCUT2D eigenvalue weighted by atomic mass is 9.96. The van der Waals surface area contributed by atoms with Crippen molar-refractivity contribution in [2.75, 3.05) is 34.4 Å². The van der Waals surface area contributed by atoms with Gasteiger partial charge in [0.25, 0.3) is 5.69 Å². The molecule has 0 spiro atoms. The average Bonchev–Trinajstić information content (AvgIpc) is 3.07. The Kier molecular flexibility index (Phi) is 7.68. The monoisotopic (exact) mass is 429 g/mol. The van der Waals surface area contributed by atoms with Gasteiger partial charge in [-0.3, -0.25) is 10.1 Å². The number of ether oxygens (including phenoxy) is 2. The summed E-state index contributed by atoms with van der Waals surface area (Å²) in [6.45, 7) is 0.985. The zero-order valence-corrected chi connectivity index (χ0v) is 18.5. The lowest BCUT2D eigenvalue weighted by Crippen LogP contribution is -2.20. The third-order valence-electron chi connectivity index (χ3n) is 5.79. The van der Waals surface area contributed by atoms with Crippen LogP contribution in [0.15, 0.2) is 30.5 Å². The lowest BCUT2D eigenvalue weighted by molar-refractivity contribution is -0.384. The molecule has 0 bridgehead atoms. The molecule has 0 amide bonds. The van der Waals surface area contributed by atoms with Crippen LogP contribution >= 0.6 is 0 Å². The molecule has 0 unspecified atom stereocenters. The molecule has 0 N–H and O–H groups in total. The molecule has 1 aliphatic rings. The Morgan fingerprint density at radius 3 is 2.55 bits per heavy atom. The van der Waals surface area contributed by atoms with Gasteiger partial charge in [0.05, 0.1) is 12.0 Å². The highest BCUT2D eigenvalue weighted by molar-refractivity contribution is 5.94. The Bertz CT molecular complexity index is 914. The van der Waals surface area contributed by atoms with Gasteiger partial charge in [0.1, 0.15) is 23.6 Å². The number of benzene rings is 1. The van der Waals surface area contributed by atoms with Gasteiger partial charge in [-0.15, -0.1) is 0 Å². The van der Waals surface area contributed by atoms with Crippen LogP contribution < -0.4 is 4.74 Å². The average molecular weight is 430 g/mol. The molecule has 8 nitrogen and oxygen atoms in total. The standard InChI is InChI=1S/C23H31N3O5/c1-24(2)13-14-31-22-16-20(21(26(28)29)15-18(22)23(27)30-3)25-12-8-11-19(25)17-9-6-4-5-7-10-17/h8,11-12,15-17H,4-7,9-10,13-14H2,1-3H3. The van der Waals surface area contributed by atoms with E-state index >= 15 is 0 Å². The highest BCUT2D eigenvalue weighted by Crippen LogP contribution is 2.37. The van der Waals surface area contributed by atoms with Crippen molar-refractivity contribution in [2.24, 2.45) is 0 Å². The fraction of sp³-hybridized carbons (Fsp3) is 0.522. The number of aromatic nitrogens is 1. The van der Waals surface area contributed by atoms with Crippen LogP contribution in [0.5, 0.6) is 5.75 Å². The van der Waals surface area contributed by atoms with Crippen molar-refractivity contribution >= 4 is 11.7 Å². The van der Waals surface area contributed by atoms with Gasteiger partial charge in [-0.05, 0) is 45.0 Å². The summed E-state index contributed by atoms with van der Waals surface area (Å²) in [5.74, 6) is -0.0173. The van der Waals surface area contributed by atoms with E-state index in [1.165, 1.54) is 26.0 Å². The van der Waals surface area contributed by atoms with Crippen molar-refractivity contribution < 1.29 is 19.2 Å². The van der Waals surface area contributed by atoms with Crippen LogP contribution in [0, 0.1) is 10.1 Å². The maximum Gasteiger partial charge on any atom is 0.341 e. The molecule has 0 atom stereocenters. The number of carbonyl (C=O) groups is 1. The number of methoxy groups -OCH3 is 1. The molecule has 1 aromatic carbocycles. The zero-order valence-electron chi connectivity index (χ0n) is 18.5. The van der Waals surface area contributed by atoms with E-state index in [2.05, 4.69) is 0 Å². The Morgan fingerprint density at radius 2 is 1.94 bits per heavy atom. The zero-order chi connectivity index (χ0) is 22.4. The molecule has 3 rings (SSSR count). The van der Waals surface area contributed by atoms with Crippen LogP contribution in [0.25, 0.3) is 5.69 Å². The van der Waals surface area contributed by atoms with Gasteiger partial charge in [-0.1, -0.05) is 25.7 Å². The molecule has 1 saturated carbocycles. The number of nitrogens with zero attached hydrogens (tertiary/aromatic N) is 3. The van der Waals surface area contributed by atoms with Crippen LogP contribution in [-0.4, -0.2) is 54.7 Å². The molecule has 0 saturated heterocycles. The van der Waals surface area contributed by atoms with Crippen LogP contribution in [0.4, 0.5) is 5.69 Å². The summed E-state index contributed by atoms with van der Waals surface area (Å²) in [5.41, 5.74) is 1.38. The lowest BCUT2D eigenvalue weighted by Gasteiger charge is -2.19. The number of nitro groups is 1. The highest BCUT2D eigenvalue weighted by Gasteiger charge is 2.27. The highest BCUT2D eigenvalue weighted by atomic mass is 16.6. The summed E-state index contributed by atoms with van der Waals surface area (Å²) in [4.78, 5) is 25.7. The molecule has 1 aliphatic carbocycles. The van der Waals surface area contributed by atoms with Crippen LogP contribution in [0.2, 0.25) is 0 Å². The summed E-state index contributed by atoms with van der Waals surface area (Å²) in [6.07, 6.45) is 8.79. The quantitative estimate of drug-likeness (QED) is 0.265. The maximum atomic E-state index is 12.3. The van der Waals surface area contributed by atoms with Crippen molar-refractivity contribution in [3.05, 3.63) is 51.8 Å². The van der Waals surface area contributed by atoms with Gasteiger partial charge in [-0.2, -0.15) is 0 Å². The van der Waals surface area contributed by atoms with Gasteiger partial charge in [0.15, 0.2) is 0 Å².